The lowest BCUT2D eigenvalue weighted by Crippen LogP contribution is -2.09. The maximum absolute atomic E-state index is 13.6. The van der Waals surface area contributed by atoms with Crippen LogP contribution in [0.4, 0.5) is 17.6 Å². The summed E-state index contributed by atoms with van der Waals surface area (Å²) in [6, 6.07) is 10.8. The van der Waals surface area contributed by atoms with E-state index in [2.05, 4.69) is 9.97 Å². The first kappa shape index (κ1) is 21.8. The minimum absolute atomic E-state index is 0.144. The van der Waals surface area contributed by atoms with Gasteiger partial charge in [-0.3, -0.25) is 0 Å². The van der Waals surface area contributed by atoms with Crippen molar-refractivity contribution in [1.82, 2.24) is 14.5 Å². The van der Waals surface area contributed by atoms with Crippen molar-refractivity contribution in [3.05, 3.63) is 78.1 Å². The van der Waals surface area contributed by atoms with Gasteiger partial charge in [-0.05, 0) is 42.5 Å². The Bertz CT molecular complexity index is 1420. The molecule has 2 aromatic carbocycles. The molecule has 2 heterocycles. The number of rotatable bonds is 5. The summed E-state index contributed by atoms with van der Waals surface area (Å²) in [7, 11) is -3.28. The molecule has 0 aliphatic rings. The number of sulfone groups is 1. The highest BCUT2D eigenvalue weighted by Crippen LogP contribution is 2.34. The van der Waals surface area contributed by atoms with Gasteiger partial charge in [-0.1, -0.05) is 0 Å². The molecule has 0 saturated carbocycles. The van der Waals surface area contributed by atoms with Gasteiger partial charge in [0.2, 0.25) is 5.88 Å². The van der Waals surface area contributed by atoms with Crippen molar-refractivity contribution in [2.75, 3.05) is 6.26 Å². The summed E-state index contributed by atoms with van der Waals surface area (Å²) >= 11 is 0. The zero-order chi connectivity index (χ0) is 23.1. The second-order valence-corrected chi connectivity index (χ2v) is 9.23. The molecule has 4 rings (SSSR count). The molecule has 0 radical (unpaired) electrons. The molecule has 0 spiro atoms. The molecule has 11 heteroatoms. The zero-order valence-electron chi connectivity index (χ0n) is 16.5. The summed E-state index contributed by atoms with van der Waals surface area (Å²) in [6.07, 6.45) is -0.959. The number of hydrogen-bond donors (Lipinski definition) is 0. The number of halogens is 4. The molecule has 0 amide bonds. The first-order chi connectivity index (χ1) is 15.0. The molecule has 0 saturated heterocycles. The topological polar surface area (TPSA) is 74.1 Å². The maximum Gasteiger partial charge on any atom is 0.419 e. The summed E-state index contributed by atoms with van der Waals surface area (Å²) in [4.78, 5) is 7.87. The molecule has 32 heavy (non-hydrogen) atoms. The summed E-state index contributed by atoms with van der Waals surface area (Å²) in [5.41, 5.74) is -0.326. The van der Waals surface area contributed by atoms with Crippen LogP contribution in [-0.4, -0.2) is 29.2 Å². The van der Waals surface area contributed by atoms with Crippen LogP contribution in [0.2, 0.25) is 0 Å². The highest BCUT2D eigenvalue weighted by Gasteiger charge is 2.34. The van der Waals surface area contributed by atoms with Crippen molar-refractivity contribution < 1.29 is 30.7 Å². The molecular weight excluding hydrogens is 450 g/mol. The van der Waals surface area contributed by atoms with Crippen LogP contribution in [0.1, 0.15) is 11.3 Å². The van der Waals surface area contributed by atoms with Crippen molar-refractivity contribution in [1.29, 1.82) is 0 Å². The third-order valence-corrected chi connectivity index (χ3v) is 5.35. The first-order valence-corrected chi connectivity index (χ1v) is 11.2. The number of benzene rings is 2. The van der Waals surface area contributed by atoms with Crippen LogP contribution < -0.4 is 4.74 Å². The number of fused-ring (bicyclic) bond motifs is 1. The van der Waals surface area contributed by atoms with Crippen LogP contribution in [0, 0.1) is 5.82 Å². The average Bonchev–Trinajstić information content (AvgIpc) is 3.09. The maximum atomic E-state index is 13.6. The van der Waals surface area contributed by atoms with Crippen molar-refractivity contribution in [2.24, 2.45) is 0 Å². The van der Waals surface area contributed by atoms with E-state index < -0.39 is 27.4 Å². The van der Waals surface area contributed by atoms with Gasteiger partial charge in [0, 0.05) is 29.6 Å². The minimum atomic E-state index is -4.81. The SMILES string of the molecule is CS(=O)(=O)Cc1cc(Oc2ccc3c(ccn3-c3ccc(F)c(C(F)(F)F)c3)c2)ncn1. The Hall–Kier alpha value is -3.47. The fraction of sp³-hybridized carbons (Fsp3) is 0.143. The fourth-order valence-electron chi connectivity index (χ4n) is 3.19. The van der Waals surface area contributed by atoms with E-state index in [9.17, 15) is 26.0 Å². The molecule has 6 nitrogen and oxygen atoms in total. The van der Waals surface area contributed by atoms with Gasteiger partial charge in [-0.2, -0.15) is 13.2 Å². The van der Waals surface area contributed by atoms with Crippen molar-refractivity contribution in [3.63, 3.8) is 0 Å². The minimum Gasteiger partial charge on any atom is -0.439 e. The summed E-state index contributed by atoms with van der Waals surface area (Å²) < 4.78 is 82.8. The Kier molecular flexibility index (Phi) is 5.37. The van der Waals surface area contributed by atoms with Gasteiger partial charge in [-0.15, -0.1) is 0 Å². The number of alkyl halides is 3. The normalized spacial score (nSPS) is 12.3. The molecule has 2 aromatic heterocycles. The summed E-state index contributed by atoms with van der Waals surface area (Å²) in [6.45, 7) is 0. The van der Waals surface area contributed by atoms with Crippen LogP contribution >= 0.6 is 0 Å². The van der Waals surface area contributed by atoms with E-state index in [-0.39, 0.29) is 23.0 Å². The molecule has 0 N–H and O–H groups in total. The third-order valence-electron chi connectivity index (χ3n) is 4.53. The first-order valence-electron chi connectivity index (χ1n) is 9.14. The second kappa shape index (κ2) is 7.90. The van der Waals surface area contributed by atoms with Gasteiger partial charge in [0.25, 0.3) is 0 Å². The molecule has 0 fully saturated rings. The Labute approximate surface area is 180 Å². The van der Waals surface area contributed by atoms with Crippen LogP contribution in [0.15, 0.2) is 61.1 Å². The highest BCUT2D eigenvalue weighted by molar-refractivity contribution is 7.89. The van der Waals surface area contributed by atoms with Gasteiger partial charge >= 0.3 is 6.18 Å². The Balaban J connectivity index is 1.64. The monoisotopic (exact) mass is 465 g/mol. The number of aromatic nitrogens is 3. The fourth-order valence-corrected chi connectivity index (χ4v) is 3.89. The number of nitrogens with zero attached hydrogens (tertiary/aromatic N) is 3. The average molecular weight is 465 g/mol. The predicted octanol–water partition coefficient (Wildman–Crippen LogP) is 4.92. The largest absolute Gasteiger partial charge is 0.439 e. The molecule has 166 valence electrons. The van der Waals surface area contributed by atoms with E-state index >= 15 is 0 Å². The lowest BCUT2D eigenvalue weighted by molar-refractivity contribution is -0.140. The zero-order valence-corrected chi connectivity index (χ0v) is 17.3. The smallest absolute Gasteiger partial charge is 0.419 e. The van der Waals surface area contributed by atoms with Crippen LogP contribution in [0.3, 0.4) is 0 Å². The van der Waals surface area contributed by atoms with E-state index in [0.29, 0.717) is 16.7 Å². The van der Waals surface area contributed by atoms with E-state index in [0.717, 1.165) is 18.4 Å². The molecule has 0 bridgehead atoms. The van der Waals surface area contributed by atoms with Crippen molar-refractivity contribution in [3.8, 4) is 17.3 Å². The van der Waals surface area contributed by atoms with Crippen LogP contribution in [-0.2, 0) is 21.8 Å². The van der Waals surface area contributed by atoms with E-state index in [1.54, 1.807) is 30.5 Å². The highest BCUT2D eigenvalue weighted by atomic mass is 32.2. The molecule has 0 aliphatic heterocycles. The van der Waals surface area contributed by atoms with E-state index in [4.69, 9.17) is 4.74 Å². The summed E-state index contributed by atoms with van der Waals surface area (Å²) in [5.74, 6) is -1.07. The second-order valence-electron chi connectivity index (χ2n) is 7.09. The lowest BCUT2D eigenvalue weighted by atomic mass is 10.1. The molecule has 0 atom stereocenters. The predicted molar refractivity (Wildman–Crippen MR) is 109 cm³/mol. The van der Waals surface area contributed by atoms with Crippen molar-refractivity contribution >= 4 is 20.7 Å². The van der Waals surface area contributed by atoms with Crippen molar-refractivity contribution in [2.45, 2.75) is 11.9 Å². The van der Waals surface area contributed by atoms with Gasteiger partial charge in [0.15, 0.2) is 9.84 Å². The number of hydrogen-bond acceptors (Lipinski definition) is 5. The molecule has 0 aliphatic carbocycles. The van der Waals surface area contributed by atoms with Crippen LogP contribution in [0.25, 0.3) is 16.6 Å². The quantitative estimate of drug-likeness (QED) is 0.392. The standard InChI is InChI=1S/C21H15F4N3O3S/c1-32(29,30)11-14-9-20(27-12-26-14)31-16-3-5-19-13(8-16)6-7-28(19)15-2-4-18(22)17(10-15)21(23,24)25/h2-10,12H,11H2,1H3. The Morgan fingerprint density at radius 3 is 2.53 bits per heavy atom. The lowest BCUT2D eigenvalue weighted by Gasteiger charge is -2.12. The van der Waals surface area contributed by atoms with E-state index in [1.165, 1.54) is 23.0 Å². The third kappa shape index (κ3) is 4.72. The molecule has 4 aromatic rings. The summed E-state index contributed by atoms with van der Waals surface area (Å²) in [5, 5.41) is 0.658. The van der Waals surface area contributed by atoms with Gasteiger partial charge < -0.3 is 9.30 Å². The number of ether oxygens (including phenoxy) is 1. The van der Waals surface area contributed by atoms with E-state index in [1.807, 2.05) is 0 Å². The Morgan fingerprint density at radius 1 is 1.03 bits per heavy atom. The van der Waals surface area contributed by atoms with Gasteiger partial charge in [0.05, 0.1) is 22.5 Å². The molecule has 0 unspecified atom stereocenters. The van der Waals surface area contributed by atoms with Gasteiger partial charge in [-0.25, -0.2) is 22.8 Å². The van der Waals surface area contributed by atoms with Gasteiger partial charge in [0.1, 0.15) is 17.9 Å². The molecular formula is C21H15F4N3O3S. The Morgan fingerprint density at radius 2 is 1.81 bits per heavy atom. The van der Waals surface area contributed by atoms with Crippen LogP contribution in [0.5, 0.6) is 11.6 Å².